The van der Waals surface area contributed by atoms with Crippen LogP contribution in [0.25, 0.3) is 0 Å². The van der Waals surface area contributed by atoms with Gasteiger partial charge < -0.3 is 19.9 Å². The first-order chi connectivity index (χ1) is 12.4. The van der Waals surface area contributed by atoms with Gasteiger partial charge in [-0.15, -0.1) is 0 Å². The number of carboxylic acid groups (broad SMARTS) is 1. The van der Waals surface area contributed by atoms with Gasteiger partial charge in [0.05, 0.1) is 17.9 Å². The van der Waals surface area contributed by atoms with Crippen LogP contribution in [0.1, 0.15) is 34.8 Å². The molecule has 0 bridgehead atoms. The molecule has 0 saturated heterocycles. The number of hydrogen-bond acceptors (Lipinski definition) is 4. The van der Waals surface area contributed by atoms with Crippen LogP contribution in [-0.4, -0.2) is 30.2 Å². The Labute approximate surface area is 152 Å². The zero-order valence-electron chi connectivity index (χ0n) is 15.2. The van der Waals surface area contributed by atoms with Crippen molar-refractivity contribution in [3.8, 4) is 11.5 Å². The number of nitrogens with one attached hydrogen (secondary N) is 1. The Morgan fingerprint density at radius 3 is 2.38 bits per heavy atom. The number of anilines is 1. The maximum absolute atomic E-state index is 12.3. The van der Waals surface area contributed by atoms with Gasteiger partial charge in [0, 0.05) is 0 Å². The summed E-state index contributed by atoms with van der Waals surface area (Å²) in [6.07, 6.45) is 0.795. The fourth-order valence-corrected chi connectivity index (χ4v) is 2.45. The lowest BCUT2D eigenvalue weighted by Gasteiger charge is -2.14. The number of rotatable bonds is 8. The lowest BCUT2D eigenvalue weighted by molar-refractivity contribution is -0.118. The smallest absolute Gasteiger partial charge is 0.335 e. The van der Waals surface area contributed by atoms with Crippen molar-refractivity contribution in [1.29, 1.82) is 0 Å². The molecule has 2 aromatic rings. The van der Waals surface area contributed by atoms with E-state index in [0.717, 1.165) is 17.5 Å². The second-order valence-corrected chi connectivity index (χ2v) is 5.92. The summed E-state index contributed by atoms with van der Waals surface area (Å²) in [5.41, 5.74) is 2.27. The van der Waals surface area contributed by atoms with E-state index in [1.165, 1.54) is 12.1 Å². The van der Waals surface area contributed by atoms with Crippen LogP contribution in [0.4, 0.5) is 5.69 Å². The van der Waals surface area contributed by atoms with Gasteiger partial charge in [-0.1, -0.05) is 25.1 Å². The predicted molar refractivity (Wildman–Crippen MR) is 99.2 cm³/mol. The Kier molecular flexibility index (Phi) is 6.60. The largest absolute Gasteiger partial charge is 0.491 e. The molecular weight excluding hydrogens is 334 g/mol. The molecule has 0 radical (unpaired) electrons. The van der Waals surface area contributed by atoms with Gasteiger partial charge in [0.15, 0.2) is 6.61 Å². The van der Waals surface area contributed by atoms with Gasteiger partial charge in [-0.2, -0.15) is 0 Å². The number of aromatic carboxylic acids is 1. The molecule has 2 rings (SSSR count). The van der Waals surface area contributed by atoms with Crippen molar-refractivity contribution in [2.75, 3.05) is 18.5 Å². The molecule has 0 unspecified atom stereocenters. The van der Waals surface area contributed by atoms with Gasteiger partial charge in [-0.25, -0.2) is 4.79 Å². The normalized spacial score (nSPS) is 10.3. The quantitative estimate of drug-likeness (QED) is 0.750. The summed E-state index contributed by atoms with van der Waals surface area (Å²) < 4.78 is 11.2. The van der Waals surface area contributed by atoms with Crippen LogP contribution in [-0.2, 0) is 4.79 Å². The van der Waals surface area contributed by atoms with Crippen molar-refractivity contribution in [2.45, 2.75) is 27.2 Å². The van der Waals surface area contributed by atoms with Gasteiger partial charge in [-0.05, 0) is 49.6 Å². The molecule has 0 aliphatic rings. The number of ether oxygens (including phenoxy) is 2. The van der Waals surface area contributed by atoms with E-state index < -0.39 is 11.9 Å². The summed E-state index contributed by atoms with van der Waals surface area (Å²) in [7, 11) is 0. The van der Waals surface area contributed by atoms with Crippen molar-refractivity contribution < 1.29 is 24.2 Å². The Morgan fingerprint density at radius 1 is 1.08 bits per heavy atom. The first-order valence-electron chi connectivity index (χ1n) is 8.41. The third-order valence-electron chi connectivity index (χ3n) is 3.72. The van der Waals surface area contributed by atoms with Crippen molar-refractivity contribution in [3.63, 3.8) is 0 Å². The van der Waals surface area contributed by atoms with E-state index in [-0.39, 0.29) is 12.2 Å². The molecule has 2 aromatic carbocycles. The number of carbonyl (C=O) groups is 2. The Morgan fingerprint density at radius 2 is 1.77 bits per heavy atom. The Bertz CT molecular complexity index is 781. The lowest BCUT2D eigenvalue weighted by atomic mass is 10.1. The Balaban J connectivity index is 2.11. The topological polar surface area (TPSA) is 84.9 Å². The van der Waals surface area contributed by atoms with Crippen molar-refractivity contribution >= 4 is 17.6 Å². The van der Waals surface area contributed by atoms with Crippen LogP contribution in [0.5, 0.6) is 11.5 Å². The highest BCUT2D eigenvalue weighted by molar-refractivity contribution is 5.96. The van der Waals surface area contributed by atoms with E-state index in [1.54, 1.807) is 6.07 Å². The summed E-state index contributed by atoms with van der Waals surface area (Å²) in [6, 6.07) is 10.1. The average molecular weight is 357 g/mol. The van der Waals surface area contributed by atoms with Gasteiger partial charge in [0.25, 0.3) is 5.91 Å². The maximum atomic E-state index is 12.3. The van der Waals surface area contributed by atoms with E-state index >= 15 is 0 Å². The number of carbonyl (C=O) groups excluding carboxylic acids is 1. The number of aryl methyl sites for hydroxylation is 2. The van der Waals surface area contributed by atoms with E-state index in [9.17, 15) is 9.59 Å². The molecule has 0 fully saturated rings. The number of amides is 1. The van der Waals surface area contributed by atoms with Crippen LogP contribution in [0, 0.1) is 13.8 Å². The number of benzene rings is 2. The molecule has 1 amide bonds. The number of hydrogen-bond donors (Lipinski definition) is 2. The predicted octanol–water partition coefficient (Wildman–Crippen LogP) is 3.81. The molecule has 0 heterocycles. The third kappa shape index (κ3) is 4.99. The monoisotopic (exact) mass is 357 g/mol. The first kappa shape index (κ1) is 19.3. The molecule has 138 valence electrons. The fourth-order valence-electron chi connectivity index (χ4n) is 2.45. The SMILES string of the molecule is CCCOc1ccc(C(=O)O)cc1NC(=O)COc1c(C)cccc1C. The molecule has 0 saturated carbocycles. The van der Waals surface area contributed by atoms with Crippen LogP contribution in [0.3, 0.4) is 0 Å². The van der Waals surface area contributed by atoms with Gasteiger partial charge in [-0.3, -0.25) is 4.79 Å². The highest BCUT2D eigenvalue weighted by Gasteiger charge is 2.13. The van der Waals surface area contributed by atoms with Crippen molar-refractivity contribution in [3.05, 3.63) is 53.1 Å². The average Bonchev–Trinajstić information content (AvgIpc) is 2.60. The van der Waals surface area contributed by atoms with Crippen LogP contribution < -0.4 is 14.8 Å². The van der Waals surface area contributed by atoms with Crippen LogP contribution >= 0.6 is 0 Å². The van der Waals surface area contributed by atoms with Crippen molar-refractivity contribution in [2.24, 2.45) is 0 Å². The van der Waals surface area contributed by atoms with Gasteiger partial charge in [0.1, 0.15) is 11.5 Å². The van der Waals surface area contributed by atoms with E-state index in [0.29, 0.717) is 23.8 Å². The molecule has 2 N–H and O–H groups in total. The van der Waals surface area contributed by atoms with Gasteiger partial charge >= 0.3 is 5.97 Å². The van der Waals surface area contributed by atoms with Crippen molar-refractivity contribution in [1.82, 2.24) is 0 Å². The molecule has 6 heteroatoms. The highest BCUT2D eigenvalue weighted by atomic mass is 16.5. The fraction of sp³-hybridized carbons (Fsp3) is 0.300. The summed E-state index contributed by atoms with van der Waals surface area (Å²) in [5, 5.41) is 11.8. The zero-order chi connectivity index (χ0) is 19.1. The van der Waals surface area contributed by atoms with E-state index in [1.807, 2.05) is 39.0 Å². The second-order valence-electron chi connectivity index (χ2n) is 5.92. The molecule has 0 aliphatic heterocycles. The summed E-state index contributed by atoms with van der Waals surface area (Å²) >= 11 is 0. The third-order valence-corrected chi connectivity index (χ3v) is 3.72. The molecule has 26 heavy (non-hydrogen) atoms. The second kappa shape index (κ2) is 8.89. The molecule has 0 aliphatic carbocycles. The van der Waals surface area contributed by atoms with Crippen LogP contribution in [0.2, 0.25) is 0 Å². The highest BCUT2D eigenvalue weighted by Crippen LogP contribution is 2.27. The maximum Gasteiger partial charge on any atom is 0.335 e. The minimum Gasteiger partial charge on any atom is -0.491 e. The molecular formula is C20H23NO5. The van der Waals surface area contributed by atoms with Gasteiger partial charge in [0.2, 0.25) is 0 Å². The molecule has 0 spiro atoms. The van der Waals surface area contributed by atoms with Crippen LogP contribution in [0.15, 0.2) is 36.4 Å². The molecule has 0 atom stereocenters. The minimum atomic E-state index is -1.07. The zero-order valence-corrected chi connectivity index (χ0v) is 15.2. The minimum absolute atomic E-state index is 0.0693. The van der Waals surface area contributed by atoms with E-state index in [4.69, 9.17) is 14.6 Å². The summed E-state index contributed by atoms with van der Waals surface area (Å²) in [6.45, 7) is 6.06. The summed E-state index contributed by atoms with van der Waals surface area (Å²) in [4.78, 5) is 23.4. The Hall–Kier alpha value is -3.02. The number of carboxylic acids is 1. The summed E-state index contributed by atoms with van der Waals surface area (Å²) in [5.74, 6) is -0.368. The first-order valence-corrected chi connectivity index (χ1v) is 8.41. The lowest BCUT2D eigenvalue weighted by Crippen LogP contribution is -2.21. The molecule has 6 nitrogen and oxygen atoms in total. The molecule has 0 aromatic heterocycles. The standard InChI is InChI=1S/C20H23NO5/c1-4-10-25-17-9-8-15(20(23)24)11-16(17)21-18(22)12-26-19-13(2)6-5-7-14(19)3/h5-9,11H,4,10,12H2,1-3H3,(H,21,22)(H,23,24). The number of para-hydroxylation sites is 1. The van der Waals surface area contributed by atoms with E-state index in [2.05, 4.69) is 5.32 Å².